The molecule has 1 aliphatic rings. The summed E-state index contributed by atoms with van der Waals surface area (Å²) in [5.41, 5.74) is 5.41. The van der Waals surface area contributed by atoms with Crippen LogP contribution in [0.5, 0.6) is 0 Å². The Morgan fingerprint density at radius 3 is 2.65 bits per heavy atom. The molecule has 0 radical (unpaired) electrons. The molecule has 0 aliphatic carbocycles. The fraction of sp³-hybridized carbons (Fsp3) is 0.727. The van der Waals surface area contributed by atoms with E-state index in [0.717, 1.165) is 24.0 Å². The zero-order chi connectivity index (χ0) is 14.8. The first-order valence-corrected chi connectivity index (χ1v) is 6.78. The van der Waals surface area contributed by atoms with Gasteiger partial charge in [0.25, 0.3) is 0 Å². The molecular weight excluding hydrogens is 291 g/mol. The minimum atomic E-state index is -4.44. The summed E-state index contributed by atoms with van der Waals surface area (Å²) in [5.74, 6) is -0.529. The van der Waals surface area contributed by atoms with Crippen LogP contribution in [0.4, 0.5) is 13.2 Å². The molecule has 1 aliphatic heterocycles. The molecule has 2 rings (SSSR count). The van der Waals surface area contributed by atoms with E-state index in [2.05, 4.69) is 15.1 Å². The maximum Gasteiger partial charge on any atom is 0.451 e. The molecule has 5 nitrogen and oxygen atoms in total. The molecule has 0 saturated carbocycles. The van der Waals surface area contributed by atoms with Crippen molar-refractivity contribution < 1.29 is 13.2 Å². The fourth-order valence-electron chi connectivity index (χ4n) is 2.24. The second-order valence-electron chi connectivity index (χ2n) is 4.79. The number of nitrogens with two attached hydrogens (primary N) is 1. The molecule has 2 N–H and O–H groups in total. The van der Waals surface area contributed by atoms with Gasteiger partial charge in [-0.2, -0.15) is 13.2 Å². The number of unbranched alkanes of at least 4 members (excludes halogenated alkanes) is 1. The summed E-state index contributed by atoms with van der Waals surface area (Å²) in [6.45, 7) is 2.04. The number of rotatable bonds is 5. The molecular formula is C11H16F3N5S. The van der Waals surface area contributed by atoms with E-state index in [0.29, 0.717) is 30.3 Å². The van der Waals surface area contributed by atoms with Crippen LogP contribution in [0.15, 0.2) is 0 Å². The van der Waals surface area contributed by atoms with Crippen molar-refractivity contribution in [3.05, 3.63) is 11.6 Å². The van der Waals surface area contributed by atoms with Crippen LogP contribution in [-0.2, 0) is 19.3 Å². The van der Waals surface area contributed by atoms with E-state index in [4.69, 9.17) is 18.0 Å². The molecule has 0 bridgehead atoms. The SMILES string of the molecule is NC(=S)CCCCN1CCn2c(nnc2C(F)(F)F)C1. The number of hydrogen-bond acceptors (Lipinski definition) is 4. The Morgan fingerprint density at radius 2 is 2.00 bits per heavy atom. The number of aromatic nitrogens is 3. The van der Waals surface area contributed by atoms with Crippen molar-refractivity contribution in [2.24, 2.45) is 5.73 Å². The molecule has 0 atom stereocenters. The van der Waals surface area contributed by atoms with E-state index in [1.54, 1.807) is 0 Å². The van der Waals surface area contributed by atoms with E-state index in [1.807, 2.05) is 0 Å². The van der Waals surface area contributed by atoms with Gasteiger partial charge in [0.1, 0.15) is 5.82 Å². The Kier molecular flexibility index (Phi) is 4.59. The van der Waals surface area contributed by atoms with Gasteiger partial charge in [0.05, 0.1) is 11.5 Å². The Labute approximate surface area is 119 Å². The summed E-state index contributed by atoms with van der Waals surface area (Å²) in [7, 11) is 0. The van der Waals surface area contributed by atoms with Crippen molar-refractivity contribution in [2.45, 2.75) is 38.5 Å². The first kappa shape index (κ1) is 15.2. The smallest absolute Gasteiger partial charge is 0.393 e. The van der Waals surface area contributed by atoms with Gasteiger partial charge in [0, 0.05) is 13.1 Å². The highest BCUT2D eigenvalue weighted by Crippen LogP contribution is 2.29. The third-order valence-corrected chi connectivity index (χ3v) is 3.44. The third kappa shape index (κ3) is 3.66. The van der Waals surface area contributed by atoms with E-state index >= 15 is 0 Å². The highest BCUT2D eigenvalue weighted by atomic mass is 32.1. The van der Waals surface area contributed by atoms with Gasteiger partial charge >= 0.3 is 6.18 Å². The van der Waals surface area contributed by atoms with E-state index in [-0.39, 0.29) is 6.54 Å². The summed E-state index contributed by atoms with van der Waals surface area (Å²) >= 11 is 4.79. The average molecular weight is 307 g/mol. The van der Waals surface area contributed by atoms with Crippen LogP contribution in [0.25, 0.3) is 0 Å². The maximum atomic E-state index is 12.7. The van der Waals surface area contributed by atoms with Crippen LogP contribution in [-0.4, -0.2) is 37.7 Å². The van der Waals surface area contributed by atoms with E-state index < -0.39 is 12.0 Å². The van der Waals surface area contributed by atoms with Crippen LogP contribution in [0.2, 0.25) is 0 Å². The number of hydrogen-bond donors (Lipinski definition) is 1. The Morgan fingerprint density at radius 1 is 1.25 bits per heavy atom. The fourth-order valence-corrected chi connectivity index (χ4v) is 2.39. The van der Waals surface area contributed by atoms with Gasteiger partial charge in [-0.05, 0) is 25.8 Å². The number of alkyl halides is 3. The van der Waals surface area contributed by atoms with Crippen LogP contribution in [0, 0.1) is 0 Å². The van der Waals surface area contributed by atoms with Gasteiger partial charge in [0.2, 0.25) is 5.82 Å². The van der Waals surface area contributed by atoms with Crippen molar-refractivity contribution in [1.82, 2.24) is 19.7 Å². The summed E-state index contributed by atoms with van der Waals surface area (Å²) in [5, 5.41) is 6.89. The van der Waals surface area contributed by atoms with Crippen molar-refractivity contribution in [2.75, 3.05) is 13.1 Å². The largest absolute Gasteiger partial charge is 0.451 e. The van der Waals surface area contributed by atoms with Crippen LogP contribution in [0.3, 0.4) is 0 Å². The van der Waals surface area contributed by atoms with Crippen molar-refractivity contribution >= 4 is 17.2 Å². The molecule has 0 unspecified atom stereocenters. The first-order chi connectivity index (χ1) is 9.38. The average Bonchev–Trinajstić information content (AvgIpc) is 2.77. The standard InChI is InChI=1S/C11H16F3N5S/c12-11(13,14)10-17-16-9-7-18(5-6-19(9)10)4-2-1-3-8(15)20/h1-7H2,(H2,15,20). The zero-order valence-corrected chi connectivity index (χ0v) is 11.7. The number of halogens is 3. The summed E-state index contributed by atoms with van der Waals surface area (Å²) in [6, 6.07) is 0. The lowest BCUT2D eigenvalue weighted by atomic mass is 10.2. The second-order valence-corrected chi connectivity index (χ2v) is 5.31. The molecule has 0 amide bonds. The van der Waals surface area contributed by atoms with Crippen molar-refractivity contribution in [3.8, 4) is 0 Å². The predicted octanol–water partition coefficient (Wildman–Crippen LogP) is 1.57. The molecule has 0 fully saturated rings. The molecule has 0 spiro atoms. The number of nitrogens with zero attached hydrogens (tertiary/aromatic N) is 4. The Bertz CT molecular complexity index is 485. The van der Waals surface area contributed by atoms with E-state index in [9.17, 15) is 13.2 Å². The summed E-state index contributed by atoms with van der Waals surface area (Å²) in [6.07, 6.45) is -1.92. The van der Waals surface area contributed by atoms with Gasteiger partial charge in [-0.25, -0.2) is 0 Å². The molecule has 112 valence electrons. The lowest BCUT2D eigenvalue weighted by Crippen LogP contribution is -2.35. The van der Waals surface area contributed by atoms with Crippen molar-refractivity contribution in [1.29, 1.82) is 0 Å². The molecule has 9 heteroatoms. The second kappa shape index (κ2) is 6.04. The van der Waals surface area contributed by atoms with Crippen molar-refractivity contribution in [3.63, 3.8) is 0 Å². The Hall–Kier alpha value is -1.22. The molecule has 1 aromatic rings. The molecule has 2 heterocycles. The quantitative estimate of drug-likeness (QED) is 0.661. The number of fused-ring (bicyclic) bond motifs is 1. The maximum absolute atomic E-state index is 12.7. The van der Waals surface area contributed by atoms with E-state index in [1.165, 1.54) is 0 Å². The predicted molar refractivity (Wildman–Crippen MR) is 70.9 cm³/mol. The monoisotopic (exact) mass is 307 g/mol. The normalized spacial score (nSPS) is 16.1. The van der Waals surface area contributed by atoms with Crippen LogP contribution >= 0.6 is 12.2 Å². The number of thiocarbonyl (C=S) groups is 1. The third-order valence-electron chi connectivity index (χ3n) is 3.23. The van der Waals surface area contributed by atoms with Gasteiger partial charge in [-0.1, -0.05) is 12.2 Å². The van der Waals surface area contributed by atoms with Gasteiger partial charge in [-0.15, -0.1) is 10.2 Å². The summed E-state index contributed by atoms with van der Waals surface area (Å²) in [4.78, 5) is 2.57. The molecule has 1 aromatic heterocycles. The highest BCUT2D eigenvalue weighted by molar-refractivity contribution is 7.80. The minimum absolute atomic E-state index is 0.270. The van der Waals surface area contributed by atoms with Gasteiger partial charge in [0.15, 0.2) is 0 Å². The zero-order valence-electron chi connectivity index (χ0n) is 10.9. The van der Waals surface area contributed by atoms with Crippen LogP contribution in [0.1, 0.15) is 30.9 Å². The molecule has 0 aromatic carbocycles. The Balaban J connectivity index is 1.89. The lowest BCUT2D eigenvalue weighted by molar-refractivity contribution is -0.148. The summed E-state index contributed by atoms with van der Waals surface area (Å²) < 4.78 is 39.2. The minimum Gasteiger partial charge on any atom is -0.393 e. The topological polar surface area (TPSA) is 60.0 Å². The first-order valence-electron chi connectivity index (χ1n) is 6.38. The molecule has 20 heavy (non-hydrogen) atoms. The lowest BCUT2D eigenvalue weighted by Gasteiger charge is -2.27. The van der Waals surface area contributed by atoms with Gasteiger partial charge in [-0.3, -0.25) is 4.90 Å². The molecule has 0 saturated heterocycles. The van der Waals surface area contributed by atoms with Crippen LogP contribution < -0.4 is 5.73 Å². The highest BCUT2D eigenvalue weighted by Gasteiger charge is 2.39. The van der Waals surface area contributed by atoms with Gasteiger partial charge < -0.3 is 10.3 Å².